The van der Waals surface area contributed by atoms with Gasteiger partial charge in [-0.3, -0.25) is 9.78 Å². The van der Waals surface area contributed by atoms with Gasteiger partial charge in [-0.25, -0.2) is 4.39 Å². The standard InChI is InChI=1S/C13H9ClFNO2/c1-18-12-5-3-9(15)6-10(12)13(17)11-4-2-8(14)7-16-11/h2-7H,1H3. The Kier molecular flexibility index (Phi) is 3.58. The first-order chi connectivity index (χ1) is 8.61. The van der Waals surface area contributed by atoms with Crippen LogP contribution in [-0.2, 0) is 0 Å². The van der Waals surface area contributed by atoms with E-state index < -0.39 is 11.6 Å². The molecule has 0 bridgehead atoms. The van der Waals surface area contributed by atoms with Crippen molar-refractivity contribution in [3.05, 3.63) is 58.6 Å². The van der Waals surface area contributed by atoms with Crippen LogP contribution in [0.3, 0.4) is 0 Å². The number of carbonyl (C=O) groups is 1. The molecule has 1 heterocycles. The average Bonchev–Trinajstić information content (AvgIpc) is 2.39. The Morgan fingerprint density at radius 3 is 2.72 bits per heavy atom. The average molecular weight is 266 g/mol. The molecule has 0 saturated heterocycles. The van der Waals surface area contributed by atoms with E-state index in [0.717, 1.165) is 6.07 Å². The molecular weight excluding hydrogens is 257 g/mol. The van der Waals surface area contributed by atoms with Gasteiger partial charge in [0, 0.05) is 6.20 Å². The molecule has 5 heteroatoms. The van der Waals surface area contributed by atoms with Crippen molar-refractivity contribution < 1.29 is 13.9 Å². The first-order valence-electron chi connectivity index (χ1n) is 5.11. The van der Waals surface area contributed by atoms with Crippen LogP contribution in [0.15, 0.2) is 36.5 Å². The van der Waals surface area contributed by atoms with Crippen LogP contribution in [0.5, 0.6) is 5.75 Å². The van der Waals surface area contributed by atoms with Crippen LogP contribution in [0.4, 0.5) is 4.39 Å². The second-order valence-electron chi connectivity index (χ2n) is 3.54. The summed E-state index contributed by atoms with van der Waals surface area (Å²) in [6.07, 6.45) is 1.36. The van der Waals surface area contributed by atoms with Crippen molar-refractivity contribution in [3.63, 3.8) is 0 Å². The van der Waals surface area contributed by atoms with E-state index >= 15 is 0 Å². The molecule has 0 N–H and O–H groups in total. The molecule has 1 aromatic carbocycles. The lowest BCUT2D eigenvalue weighted by Gasteiger charge is -2.07. The zero-order valence-electron chi connectivity index (χ0n) is 9.48. The number of carbonyl (C=O) groups excluding carboxylic acids is 1. The summed E-state index contributed by atoms with van der Waals surface area (Å²) < 4.78 is 18.2. The lowest BCUT2D eigenvalue weighted by atomic mass is 10.1. The van der Waals surface area contributed by atoms with Gasteiger partial charge >= 0.3 is 0 Å². The van der Waals surface area contributed by atoms with Crippen LogP contribution >= 0.6 is 11.6 Å². The van der Waals surface area contributed by atoms with Crippen molar-refractivity contribution in [2.45, 2.75) is 0 Å². The molecule has 0 fully saturated rings. The molecule has 0 unspecified atom stereocenters. The maximum atomic E-state index is 13.2. The molecular formula is C13H9ClFNO2. The highest BCUT2D eigenvalue weighted by Gasteiger charge is 2.16. The zero-order valence-corrected chi connectivity index (χ0v) is 10.2. The molecule has 0 aliphatic rings. The number of ether oxygens (including phenoxy) is 1. The molecule has 0 spiro atoms. The number of hydrogen-bond acceptors (Lipinski definition) is 3. The second-order valence-corrected chi connectivity index (χ2v) is 3.97. The van der Waals surface area contributed by atoms with E-state index in [1.54, 1.807) is 6.07 Å². The molecule has 92 valence electrons. The van der Waals surface area contributed by atoms with Crippen molar-refractivity contribution in [1.82, 2.24) is 4.98 Å². The van der Waals surface area contributed by atoms with Crippen molar-refractivity contribution in [2.75, 3.05) is 7.11 Å². The van der Waals surface area contributed by atoms with Crippen molar-refractivity contribution in [1.29, 1.82) is 0 Å². The SMILES string of the molecule is COc1ccc(F)cc1C(=O)c1ccc(Cl)cn1. The lowest BCUT2D eigenvalue weighted by molar-refractivity contribution is 0.103. The highest BCUT2D eigenvalue weighted by atomic mass is 35.5. The van der Waals surface area contributed by atoms with Crippen molar-refractivity contribution in [3.8, 4) is 5.75 Å². The number of ketones is 1. The number of benzene rings is 1. The summed E-state index contributed by atoms with van der Waals surface area (Å²) in [7, 11) is 1.42. The summed E-state index contributed by atoms with van der Waals surface area (Å²) >= 11 is 5.69. The monoisotopic (exact) mass is 265 g/mol. The van der Waals surface area contributed by atoms with Crippen LogP contribution in [0, 0.1) is 5.82 Å². The molecule has 0 aliphatic carbocycles. The minimum atomic E-state index is -0.506. The van der Waals surface area contributed by atoms with Crippen molar-refractivity contribution in [2.24, 2.45) is 0 Å². The molecule has 0 amide bonds. The van der Waals surface area contributed by atoms with Crippen LogP contribution in [0.2, 0.25) is 5.02 Å². The van der Waals surface area contributed by atoms with Gasteiger partial charge in [-0.05, 0) is 30.3 Å². The minimum Gasteiger partial charge on any atom is -0.496 e. The zero-order chi connectivity index (χ0) is 13.1. The number of nitrogens with zero attached hydrogens (tertiary/aromatic N) is 1. The quantitative estimate of drug-likeness (QED) is 0.801. The van der Waals surface area contributed by atoms with E-state index in [2.05, 4.69) is 4.98 Å². The predicted molar refractivity (Wildman–Crippen MR) is 65.6 cm³/mol. The van der Waals surface area contributed by atoms with E-state index in [4.69, 9.17) is 16.3 Å². The van der Waals surface area contributed by atoms with E-state index in [1.165, 1.54) is 31.5 Å². The summed E-state index contributed by atoms with van der Waals surface area (Å²) in [5.41, 5.74) is 0.315. The summed E-state index contributed by atoms with van der Waals surface area (Å²) in [5, 5.41) is 0.428. The number of methoxy groups -OCH3 is 1. The van der Waals surface area contributed by atoms with E-state index in [1.807, 2.05) is 0 Å². The molecule has 0 saturated carbocycles. The van der Waals surface area contributed by atoms with E-state index in [0.29, 0.717) is 10.8 Å². The van der Waals surface area contributed by atoms with Gasteiger partial charge in [-0.2, -0.15) is 0 Å². The van der Waals surface area contributed by atoms with Gasteiger partial charge in [-0.15, -0.1) is 0 Å². The number of halogens is 2. The topological polar surface area (TPSA) is 39.2 Å². The predicted octanol–water partition coefficient (Wildman–Crippen LogP) is 3.11. The smallest absolute Gasteiger partial charge is 0.215 e. The fraction of sp³-hybridized carbons (Fsp3) is 0.0769. The Morgan fingerprint density at radius 2 is 2.11 bits per heavy atom. The summed E-state index contributed by atoms with van der Waals surface area (Å²) in [4.78, 5) is 16.0. The molecule has 2 aromatic rings. The Hall–Kier alpha value is -1.94. The lowest BCUT2D eigenvalue weighted by Crippen LogP contribution is -2.06. The van der Waals surface area contributed by atoms with Crippen molar-refractivity contribution >= 4 is 17.4 Å². The molecule has 0 radical (unpaired) electrons. The minimum absolute atomic E-state index is 0.132. The largest absolute Gasteiger partial charge is 0.496 e. The number of rotatable bonds is 3. The maximum absolute atomic E-state index is 13.2. The Labute approximate surface area is 108 Å². The number of pyridine rings is 1. The molecule has 0 aliphatic heterocycles. The normalized spacial score (nSPS) is 10.2. The van der Waals surface area contributed by atoms with Gasteiger partial charge in [0.25, 0.3) is 0 Å². The van der Waals surface area contributed by atoms with Crippen LogP contribution < -0.4 is 4.74 Å². The molecule has 2 rings (SSSR count). The van der Waals surface area contributed by atoms with E-state index in [-0.39, 0.29) is 11.3 Å². The Balaban J connectivity index is 2.45. The third-order valence-corrected chi connectivity index (χ3v) is 2.59. The van der Waals surface area contributed by atoms with Gasteiger partial charge in [0.2, 0.25) is 5.78 Å². The third-order valence-electron chi connectivity index (χ3n) is 2.37. The Morgan fingerprint density at radius 1 is 1.33 bits per heavy atom. The summed E-state index contributed by atoms with van der Waals surface area (Å²) in [5.74, 6) is -0.616. The van der Waals surface area contributed by atoms with E-state index in [9.17, 15) is 9.18 Å². The fourth-order valence-electron chi connectivity index (χ4n) is 1.51. The third kappa shape index (κ3) is 2.49. The van der Waals surface area contributed by atoms with Crippen LogP contribution in [0.25, 0.3) is 0 Å². The maximum Gasteiger partial charge on any atom is 0.215 e. The highest BCUT2D eigenvalue weighted by Crippen LogP contribution is 2.22. The second kappa shape index (κ2) is 5.14. The highest BCUT2D eigenvalue weighted by molar-refractivity contribution is 6.30. The number of aromatic nitrogens is 1. The number of hydrogen-bond donors (Lipinski definition) is 0. The molecule has 18 heavy (non-hydrogen) atoms. The van der Waals surface area contributed by atoms with Gasteiger partial charge in [0.05, 0.1) is 17.7 Å². The van der Waals surface area contributed by atoms with Gasteiger partial charge in [0.1, 0.15) is 17.3 Å². The summed E-state index contributed by atoms with van der Waals surface area (Å²) in [6, 6.07) is 6.78. The van der Waals surface area contributed by atoms with Gasteiger partial charge < -0.3 is 4.74 Å². The molecule has 1 aromatic heterocycles. The summed E-state index contributed by atoms with van der Waals surface area (Å²) in [6.45, 7) is 0. The van der Waals surface area contributed by atoms with Crippen LogP contribution in [0.1, 0.15) is 16.1 Å². The first-order valence-corrected chi connectivity index (χ1v) is 5.49. The Bertz CT molecular complexity index is 584. The van der Waals surface area contributed by atoms with Crippen LogP contribution in [-0.4, -0.2) is 17.9 Å². The van der Waals surface area contributed by atoms with Gasteiger partial charge in [0.15, 0.2) is 0 Å². The first kappa shape index (κ1) is 12.5. The molecule has 3 nitrogen and oxygen atoms in total. The fourth-order valence-corrected chi connectivity index (χ4v) is 1.62. The molecule has 0 atom stereocenters. The van der Waals surface area contributed by atoms with Gasteiger partial charge in [-0.1, -0.05) is 11.6 Å².